The number of benzene rings is 1. The van der Waals surface area contributed by atoms with Gasteiger partial charge in [-0.2, -0.15) is 0 Å². The first-order valence-electron chi connectivity index (χ1n) is 6.66. The van der Waals surface area contributed by atoms with E-state index in [1.54, 1.807) is 12.1 Å². The third-order valence-corrected chi connectivity index (χ3v) is 2.54. The fourth-order valence-corrected chi connectivity index (χ4v) is 1.49. The van der Waals surface area contributed by atoms with Crippen LogP contribution in [0.3, 0.4) is 0 Å². The summed E-state index contributed by atoms with van der Waals surface area (Å²) in [5.74, 6) is 0.441. The van der Waals surface area contributed by atoms with Gasteiger partial charge in [-0.15, -0.1) is 0 Å². The van der Waals surface area contributed by atoms with Gasteiger partial charge in [0.05, 0.1) is 0 Å². The van der Waals surface area contributed by atoms with E-state index in [0.717, 1.165) is 38.9 Å². The van der Waals surface area contributed by atoms with Crippen LogP contribution in [0, 0.1) is 0 Å². The highest BCUT2D eigenvalue weighted by molar-refractivity contribution is 5.72. The number of hydrogen-bond donors (Lipinski definition) is 0. The molecule has 1 rings (SSSR count). The standard InChI is InChI=1S/C15H22O3/c1-2-3-12-17-13-8-7-11-15(16)18-14-9-5-4-6-10-14/h4-6,9-10H,2-3,7-8,11-13H2,1H3. The summed E-state index contributed by atoms with van der Waals surface area (Å²) < 4.78 is 10.6. The molecule has 3 nitrogen and oxygen atoms in total. The second-order valence-electron chi connectivity index (χ2n) is 4.21. The van der Waals surface area contributed by atoms with E-state index in [1.165, 1.54) is 0 Å². The maximum Gasteiger partial charge on any atom is 0.311 e. The molecule has 0 aromatic heterocycles. The zero-order valence-electron chi connectivity index (χ0n) is 11.1. The average molecular weight is 250 g/mol. The first kappa shape index (κ1) is 14.7. The fourth-order valence-electron chi connectivity index (χ4n) is 1.49. The topological polar surface area (TPSA) is 35.5 Å². The van der Waals surface area contributed by atoms with E-state index in [4.69, 9.17) is 9.47 Å². The van der Waals surface area contributed by atoms with E-state index < -0.39 is 0 Å². The van der Waals surface area contributed by atoms with Gasteiger partial charge in [0.1, 0.15) is 5.75 Å². The van der Waals surface area contributed by atoms with Crippen LogP contribution in [0.1, 0.15) is 39.0 Å². The van der Waals surface area contributed by atoms with Crippen LogP contribution in [0.4, 0.5) is 0 Å². The number of carbonyl (C=O) groups is 1. The molecule has 0 bridgehead atoms. The Kier molecular flexibility index (Phi) is 7.89. The van der Waals surface area contributed by atoms with Crippen LogP contribution in [0.2, 0.25) is 0 Å². The van der Waals surface area contributed by atoms with Gasteiger partial charge in [0.2, 0.25) is 0 Å². The zero-order chi connectivity index (χ0) is 13.1. The Labute approximate surface area is 109 Å². The number of ether oxygens (including phenoxy) is 2. The lowest BCUT2D eigenvalue weighted by molar-refractivity contribution is -0.134. The van der Waals surface area contributed by atoms with Crippen LogP contribution in [-0.4, -0.2) is 19.2 Å². The molecule has 0 amide bonds. The van der Waals surface area contributed by atoms with Gasteiger partial charge in [-0.25, -0.2) is 0 Å². The molecular weight excluding hydrogens is 228 g/mol. The Morgan fingerprint density at radius 1 is 1.06 bits per heavy atom. The van der Waals surface area contributed by atoms with Gasteiger partial charge in [-0.05, 0) is 31.4 Å². The third-order valence-electron chi connectivity index (χ3n) is 2.54. The summed E-state index contributed by atoms with van der Waals surface area (Å²) in [6, 6.07) is 9.16. The minimum absolute atomic E-state index is 0.172. The van der Waals surface area contributed by atoms with Crippen LogP contribution in [0.15, 0.2) is 30.3 Å². The maximum absolute atomic E-state index is 11.5. The van der Waals surface area contributed by atoms with Gasteiger partial charge >= 0.3 is 5.97 Å². The quantitative estimate of drug-likeness (QED) is 0.382. The number of carbonyl (C=O) groups excluding carboxylic acids is 1. The van der Waals surface area contributed by atoms with Crippen molar-refractivity contribution in [2.75, 3.05) is 13.2 Å². The number of para-hydroxylation sites is 1. The summed E-state index contributed by atoms with van der Waals surface area (Å²) in [5.41, 5.74) is 0. The number of hydrogen-bond acceptors (Lipinski definition) is 3. The first-order chi connectivity index (χ1) is 8.83. The van der Waals surface area contributed by atoms with E-state index >= 15 is 0 Å². The third kappa shape index (κ3) is 7.07. The highest BCUT2D eigenvalue weighted by Gasteiger charge is 2.03. The second kappa shape index (κ2) is 9.66. The van der Waals surface area contributed by atoms with Crippen LogP contribution >= 0.6 is 0 Å². The van der Waals surface area contributed by atoms with Crippen LogP contribution < -0.4 is 4.74 Å². The Morgan fingerprint density at radius 3 is 2.50 bits per heavy atom. The van der Waals surface area contributed by atoms with E-state index in [1.807, 2.05) is 18.2 Å². The highest BCUT2D eigenvalue weighted by Crippen LogP contribution is 2.10. The molecule has 0 saturated heterocycles. The van der Waals surface area contributed by atoms with Gasteiger partial charge in [-0.1, -0.05) is 31.5 Å². The molecule has 0 spiro atoms. The molecule has 0 radical (unpaired) electrons. The SMILES string of the molecule is CCCCOCCCCC(=O)Oc1ccccc1. The Hall–Kier alpha value is -1.35. The van der Waals surface area contributed by atoms with Crippen LogP contribution in [0.5, 0.6) is 5.75 Å². The number of unbranched alkanes of at least 4 members (excludes halogenated alkanes) is 2. The zero-order valence-corrected chi connectivity index (χ0v) is 11.1. The molecule has 0 heterocycles. The Bertz CT molecular complexity index is 322. The van der Waals surface area contributed by atoms with Crippen molar-refractivity contribution in [3.05, 3.63) is 30.3 Å². The number of rotatable bonds is 9. The summed E-state index contributed by atoms with van der Waals surface area (Å²) in [6.45, 7) is 3.70. The first-order valence-corrected chi connectivity index (χ1v) is 6.66. The van der Waals surface area contributed by atoms with Gasteiger partial charge in [0.15, 0.2) is 0 Å². The number of esters is 1. The molecule has 0 fully saturated rings. The second-order valence-corrected chi connectivity index (χ2v) is 4.21. The van der Waals surface area contributed by atoms with Gasteiger partial charge in [-0.3, -0.25) is 4.79 Å². The smallest absolute Gasteiger partial charge is 0.311 e. The van der Waals surface area contributed by atoms with E-state index in [0.29, 0.717) is 12.2 Å². The monoisotopic (exact) mass is 250 g/mol. The predicted molar refractivity (Wildman–Crippen MR) is 71.7 cm³/mol. The predicted octanol–water partition coefficient (Wildman–Crippen LogP) is 3.58. The summed E-state index contributed by atoms with van der Waals surface area (Å²) in [5, 5.41) is 0. The molecule has 0 atom stereocenters. The molecule has 18 heavy (non-hydrogen) atoms. The molecule has 1 aromatic carbocycles. The van der Waals surface area contributed by atoms with E-state index in [2.05, 4.69) is 6.92 Å². The summed E-state index contributed by atoms with van der Waals surface area (Å²) in [4.78, 5) is 11.5. The van der Waals surface area contributed by atoms with Crippen molar-refractivity contribution in [1.29, 1.82) is 0 Å². The van der Waals surface area contributed by atoms with Crippen molar-refractivity contribution in [2.45, 2.75) is 39.0 Å². The van der Waals surface area contributed by atoms with Crippen molar-refractivity contribution in [1.82, 2.24) is 0 Å². The van der Waals surface area contributed by atoms with Crippen LogP contribution in [-0.2, 0) is 9.53 Å². The molecule has 0 aliphatic heterocycles. The highest BCUT2D eigenvalue weighted by atomic mass is 16.5. The average Bonchev–Trinajstić information content (AvgIpc) is 2.39. The normalized spacial score (nSPS) is 10.3. The summed E-state index contributed by atoms with van der Waals surface area (Å²) >= 11 is 0. The largest absolute Gasteiger partial charge is 0.427 e. The summed E-state index contributed by atoms with van der Waals surface area (Å²) in [6.07, 6.45) is 4.44. The maximum atomic E-state index is 11.5. The van der Waals surface area contributed by atoms with Crippen molar-refractivity contribution >= 4 is 5.97 Å². The minimum Gasteiger partial charge on any atom is -0.427 e. The molecule has 0 aliphatic carbocycles. The Morgan fingerprint density at radius 2 is 1.78 bits per heavy atom. The molecule has 0 aliphatic rings. The lowest BCUT2D eigenvalue weighted by atomic mass is 10.2. The minimum atomic E-state index is -0.172. The molecule has 0 N–H and O–H groups in total. The van der Waals surface area contributed by atoms with Crippen molar-refractivity contribution in [3.8, 4) is 5.75 Å². The van der Waals surface area contributed by atoms with Gasteiger partial charge in [0.25, 0.3) is 0 Å². The fraction of sp³-hybridized carbons (Fsp3) is 0.533. The van der Waals surface area contributed by atoms with Crippen molar-refractivity contribution in [3.63, 3.8) is 0 Å². The summed E-state index contributed by atoms with van der Waals surface area (Å²) in [7, 11) is 0. The van der Waals surface area contributed by atoms with E-state index in [9.17, 15) is 4.79 Å². The van der Waals surface area contributed by atoms with Crippen molar-refractivity contribution < 1.29 is 14.3 Å². The molecule has 0 unspecified atom stereocenters. The van der Waals surface area contributed by atoms with Gasteiger partial charge < -0.3 is 9.47 Å². The Balaban J connectivity index is 2.00. The molecule has 100 valence electrons. The lowest BCUT2D eigenvalue weighted by Gasteiger charge is -2.04. The van der Waals surface area contributed by atoms with Gasteiger partial charge in [0, 0.05) is 19.6 Å². The molecule has 3 heteroatoms. The molecule has 1 aromatic rings. The lowest BCUT2D eigenvalue weighted by Crippen LogP contribution is -2.08. The molecular formula is C15H22O3. The van der Waals surface area contributed by atoms with Crippen molar-refractivity contribution in [2.24, 2.45) is 0 Å². The van der Waals surface area contributed by atoms with Crippen LogP contribution in [0.25, 0.3) is 0 Å². The van der Waals surface area contributed by atoms with E-state index in [-0.39, 0.29) is 5.97 Å². The molecule has 0 saturated carbocycles.